The molecule has 0 atom stereocenters. The number of methoxy groups -OCH3 is 1. The van der Waals surface area contributed by atoms with Crippen molar-refractivity contribution >= 4 is 22.9 Å². The predicted octanol–water partition coefficient (Wildman–Crippen LogP) is 2.14. The molecular formula is C15H16N2O4S. The third-order valence-electron chi connectivity index (χ3n) is 3.23. The van der Waals surface area contributed by atoms with Crippen molar-refractivity contribution in [2.75, 3.05) is 19.6 Å². The molecule has 2 aromatic rings. The Morgan fingerprint density at radius 2 is 2.14 bits per heavy atom. The summed E-state index contributed by atoms with van der Waals surface area (Å²) in [5.41, 5.74) is 7.75. The lowest BCUT2D eigenvalue weighted by Crippen LogP contribution is -2.23. The van der Waals surface area contributed by atoms with Gasteiger partial charge < -0.3 is 25.3 Å². The molecule has 1 aromatic carbocycles. The topological polar surface area (TPSA) is 82.8 Å². The van der Waals surface area contributed by atoms with Gasteiger partial charge in [-0.3, -0.25) is 4.79 Å². The van der Waals surface area contributed by atoms with Crippen molar-refractivity contribution in [1.29, 1.82) is 0 Å². The number of carbonyl (C=O) groups excluding carboxylic acids is 1. The summed E-state index contributed by atoms with van der Waals surface area (Å²) in [7, 11) is 1.65. The average Bonchev–Trinajstić information content (AvgIpc) is 3.13. The van der Waals surface area contributed by atoms with Crippen molar-refractivity contribution in [2.45, 2.75) is 13.2 Å². The molecule has 1 aliphatic rings. The van der Waals surface area contributed by atoms with E-state index in [1.54, 1.807) is 30.6 Å². The standard InChI is InChI=1S/C15H16N2O4S/c1-19-6-9-2-10(22-7-9)5-17-15(18)11-3-13-14(4-12(11)16)21-8-20-13/h2-4,7H,5-6,8,16H2,1H3,(H,17,18). The highest BCUT2D eigenvalue weighted by molar-refractivity contribution is 7.10. The third kappa shape index (κ3) is 3.00. The van der Waals surface area contributed by atoms with Gasteiger partial charge in [-0.05, 0) is 23.1 Å². The summed E-state index contributed by atoms with van der Waals surface area (Å²) in [5, 5.41) is 4.87. The number of anilines is 1. The highest BCUT2D eigenvalue weighted by Crippen LogP contribution is 2.35. The van der Waals surface area contributed by atoms with Crippen LogP contribution in [0.3, 0.4) is 0 Å². The lowest BCUT2D eigenvalue weighted by Gasteiger charge is -2.08. The SMILES string of the molecule is COCc1csc(CNC(=O)c2cc3c(cc2N)OCO3)c1. The minimum Gasteiger partial charge on any atom is -0.454 e. The third-order valence-corrected chi connectivity index (χ3v) is 4.22. The summed E-state index contributed by atoms with van der Waals surface area (Å²) in [6, 6.07) is 5.23. The molecule has 0 bridgehead atoms. The number of nitrogen functional groups attached to an aromatic ring is 1. The molecule has 0 saturated carbocycles. The van der Waals surface area contributed by atoms with Crippen LogP contribution in [-0.2, 0) is 17.9 Å². The van der Waals surface area contributed by atoms with Crippen LogP contribution in [0.1, 0.15) is 20.8 Å². The molecule has 116 valence electrons. The van der Waals surface area contributed by atoms with E-state index in [1.807, 2.05) is 11.4 Å². The Morgan fingerprint density at radius 3 is 2.91 bits per heavy atom. The molecule has 1 amide bonds. The van der Waals surface area contributed by atoms with E-state index >= 15 is 0 Å². The molecule has 3 rings (SSSR count). The fraction of sp³-hybridized carbons (Fsp3) is 0.267. The second-order valence-corrected chi connectivity index (χ2v) is 5.83. The minimum absolute atomic E-state index is 0.150. The maximum atomic E-state index is 12.3. The van der Waals surface area contributed by atoms with E-state index in [1.165, 1.54) is 0 Å². The molecule has 0 spiro atoms. The van der Waals surface area contributed by atoms with Gasteiger partial charge in [-0.25, -0.2) is 0 Å². The van der Waals surface area contributed by atoms with Crippen LogP contribution in [0.4, 0.5) is 5.69 Å². The Balaban J connectivity index is 1.66. The van der Waals surface area contributed by atoms with E-state index in [9.17, 15) is 4.79 Å². The zero-order valence-corrected chi connectivity index (χ0v) is 12.9. The van der Waals surface area contributed by atoms with Crippen LogP contribution < -0.4 is 20.5 Å². The smallest absolute Gasteiger partial charge is 0.253 e. The Morgan fingerprint density at radius 1 is 1.36 bits per heavy atom. The van der Waals surface area contributed by atoms with Crippen LogP contribution in [0.2, 0.25) is 0 Å². The van der Waals surface area contributed by atoms with Crippen LogP contribution in [0.15, 0.2) is 23.6 Å². The van der Waals surface area contributed by atoms with Gasteiger partial charge in [-0.15, -0.1) is 11.3 Å². The van der Waals surface area contributed by atoms with Gasteiger partial charge in [0, 0.05) is 23.7 Å². The first-order valence-corrected chi connectivity index (χ1v) is 7.58. The number of benzene rings is 1. The normalized spacial score (nSPS) is 12.4. The summed E-state index contributed by atoms with van der Waals surface area (Å²) >= 11 is 1.58. The fourth-order valence-corrected chi connectivity index (χ4v) is 2.99. The number of ether oxygens (including phenoxy) is 3. The molecule has 7 heteroatoms. The second-order valence-electron chi connectivity index (χ2n) is 4.83. The number of thiophene rings is 1. The first kappa shape index (κ1) is 14.7. The number of nitrogens with one attached hydrogen (secondary N) is 1. The lowest BCUT2D eigenvalue weighted by molar-refractivity contribution is 0.0951. The van der Waals surface area contributed by atoms with Gasteiger partial charge >= 0.3 is 0 Å². The van der Waals surface area contributed by atoms with Gasteiger partial charge in [0.1, 0.15) is 0 Å². The lowest BCUT2D eigenvalue weighted by atomic mass is 10.1. The molecule has 1 aliphatic heterocycles. The van der Waals surface area contributed by atoms with Crippen molar-refractivity contribution < 1.29 is 19.0 Å². The van der Waals surface area contributed by atoms with Crippen LogP contribution >= 0.6 is 11.3 Å². The second kappa shape index (κ2) is 6.25. The van der Waals surface area contributed by atoms with E-state index in [-0.39, 0.29) is 12.7 Å². The largest absolute Gasteiger partial charge is 0.454 e. The number of hydrogen-bond donors (Lipinski definition) is 2. The average molecular weight is 320 g/mol. The minimum atomic E-state index is -0.238. The van der Waals surface area contributed by atoms with E-state index in [0.29, 0.717) is 35.9 Å². The molecule has 3 N–H and O–H groups in total. The Labute approximate surface area is 131 Å². The zero-order valence-electron chi connectivity index (χ0n) is 12.0. The van der Waals surface area contributed by atoms with Crippen molar-refractivity contribution in [3.63, 3.8) is 0 Å². The van der Waals surface area contributed by atoms with E-state index in [4.69, 9.17) is 19.9 Å². The van der Waals surface area contributed by atoms with Gasteiger partial charge in [-0.2, -0.15) is 0 Å². The summed E-state index contributed by atoms with van der Waals surface area (Å²) in [5.74, 6) is 0.867. The maximum absolute atomic E-state index is 12.3. The summed E-state index contributed by atoms with van der Waals surface area (Å²) in [4.78, 5) is 13.3. The van der Waals surface area contributed by atoms with Gasteiger partial charge in [0.2, 0.25) is 6.79 Å². The molecule has 2 heterocycles. The first-order valence-electron chi connectivity index (χ1n) is 6.70. The summed E-state index contributed by atoms with van der Waals surface area (Å²) in [6.07, 6.45) is 0. The monoisotopic (exact) mass is 320 g/mol. The molecule has 6 nitrogen and oxygen atoms in total. The first-order chi connectivity index (χ1) is 10.7. The highest BCUT2D eigenvalue weighted by Gasteiger charge is 2.19. The van der Waals surface area contributed by atoms with Gasteiger partial charge in [-0.1, -0.05) is 0 Å². The Hall–Kier alpha value is -2.25. The van der Waals surface area contributed by atoms with Crippen LogP contribution in [0.25, 0.3) is 0 Å². The predicted molar refractivity (Wildman–Crippen MR) is 83.2 cm³/mol. The molecule has 0 unspecified atom stereocenters. The number of rotatable bonds is 5. The van der Waals surface area contributed by atoms with Gasteiger partial charge in [0.15, 0.2) is 11.5 Å². The van der Waals surface area contributed by atoms with Crippen molar-refractivity contribution in [1.82, 2.24) is 5.32 Å². The molecule has 0 fully saturated rings. The molecule has 1 aromatic heterocycles. The van der Waals surface area contributed by atoms with Gasteiger partial charge in [0.25, 0.3) is 5.91 Å². The number of amides is 1. The summed E-state index contributed by atoms with van der Waals surface area (Å²) in [6.45, 7) is 1.16. The Kier molecular flexibility index (Phi) is 4.17. The molecule has 0 radical (unpaired) electrons. The van der Waals surface area contributed by atoms with Crippen molar-refractivity contribution in [2.24, 2.45) is 0 Å². The van der Waals surface area contributed by atoms with Gasteiger partial charge in [0.05, 0.1) is 18.7 Å². The number of carbonyl (C=O) groups is 1. The number of nitrogens with two attached hydrogens (primary N) is 1. The highest BCUT2D eigenvalue weighted by atomic mass is 32.1. The van der Waals surface area contributed by atoms with Crippen molar-refractivity contribution in [3.8, 4) is 11.5 Å². The quantitative estimate of drug-likeness (QED) is 0.825. The van der Waals surface area contributed by atoms with E-state index in [0.717, 1.165) is 10.4 Å². The fourth-order valence-electron chi connectivity index (χ4n) is 2.18. The van der Waals surface area contributed by atoms with E-state index in [2.05, 4.69) is 5.32 Å². The zero-order chi connectivity index (χ0) is 15.5. The number of hydrogen-bond acceptors (Lipinski definition) is 6. The molecule has 0 aliphatic carbocycles. The van der Waals surface area contributed by atoms with Crippen LogP contribution in [0.5, 0.6) is 11.5 Å². The molecule has 22 heavy (non-hydrogen) atoms. The number of fused-ring (bicyclic) bond motifs is 1. The maximum Gasteiger partial charge on any atom is 0.253 e. The van der Waals surface area contributed by atoms with Crippen LogP contribution in [0, 0.1) is 0 Å². The molecular weight excluding hydrogens is 304 g/mol. The van der Waals surface area contributed by atoms with E-state index < -0.39 is 0 Å². The van der Waals surface area contributed by atoms with Crippen molar-refractivity contribution in [3.05, 3.63) is 39.6 Å². The molecule has 0 saturated heterocycles. The van der Waals surface area contributed by atoms with Crippen LogP contribution in [-0.4, -0.2) is 19.8 Å². The summed E-state index contributed by atoms with van der Waals surface area (Å²) < 4.78 is 15.6. The Bertz CT molecular complexity index is 699.